The van der Waals surface area contributed by atoms with Crippen molar-refractivity contribution in [2.45, 2.75) is 42.0 Å². The van der Waals surface area contributed by atoms with Crippen molar-refractivity contribution in [2.75, 3.05) is 6.54 Å². The maximum absolute atomic E-state index is 13.1. The number of nitrogens with zero attached hydrogens (tertiary/aromatic N) is 2. The molecule has 0 bridgehead atoms. The van der Waals surface area contributed by atoms with Crippen molar-refractivity contribution in [1.82, 2.24) is 15.3 Å². The Hall–Kier alpha value is -1.95. The van der Waals surface area contributed by atoms with Gasteiger partial charge in [0, 0.05) is 24.4 Å². The first-order chi connectivity index (χ1) is 11.6. The van der Waals surface area contributed by atoms with E-state index >= 15 is 0 Å². The molecule has 4 nitrogen and oxygen atoms in total. The Morgan fingerprint density at radius 2 is 1.96 bits per heavy atom. The number of halogens is 1. The van der Waals surface area contributed by atoms with Crippen molar-refractivity contribution in [1.29, 1.82) is 0 Å². The highest BCUT2D eigenvalue weighted by atomic mass is 32.2. The first-order valence-electron chi connectivity index (χ1n) is 8.06. The standard InChI is InChI=1S/C18H20FN3OS/c1-13(24-17-20-10-3-11-21-17)16(23)22-12-18(8-2-9-18)14-4-6-15(19)7-5-14/h3-7,10-11,13H,2,8-9,12H2,1H3,(H,22,23). The lowest BCUT2D eigenvalue weighted by Crippen LogP contribution is -2.47. The zero-order valence-corrected chi connectivity index (χ0v) is 14.4. The van der Waals surface area contributed by atoms with Crippen LogP contribution in [-0.4, -0.2) is 27.7 Å². The van der Waals surface area contributed by atoms with Crippen molar-refractivity contribution >= 4 is 17.7 Å². The Morgan fingerprint density at radius 1 is 1.29 bits per heavy atom. The van der Waals surface area contributed by atoms with Crippen molar-refractivity contribution in [2.24, 2.45) is 0 Å². The average molecular weight is 345 g/mol. The van der Waals surface area contributed by atoms with E-state index in [0.29, 0.717) is 11.7 Å². The molecule has 126 valence electrons. The minimum atomic E-state index is -0.266. The minimum Gasteiger partial charge on any atom is -0.354 e. The van der Waals surface area contributed by atoms with Crippen LogP contribution in [0.2, 0.25) is 0 Å². The topological polar surface area (TPSA) is 54.9 Å². The molecule has 3 rings (SSSR count). The highest BCUT2D eigenvalue weighted by Gasteiger charge is 2.39. The van der Waals surface area contributed by atoms with Gasteiger partial charge in [0.05, 0.1) is 5.25 Å². The maximum Gasteiger partial charge on any atom is 0.233 e. The number of aromatic nitrogens is 2. The summed E-state index contributed by atoms with van der Waals surface area (Å²) in [5.41, 5.74) is 1.04. The molecule has 0 saturated heterocycles. The molecular weight excluding hydrogens is 325 g/mol. The normalized spacial score (nSPS) is 16.9. The van der Waals surface area contributed by atoms with E-state index in [4.69, 9.17) is 0 Å². The molecule has 24 heavy (non-hydrogen) atoms. The fourth-order valence-electron chi connectivity index (χ4n) is 2.93. The second-order valence-corrected chi connectivity index (χ2v) is 7.46. The van der Waals surface area contributed by atoms with Gasteiger partial charge in [0.25, 0.3) is 0 Å². The van der Waals surface area contributed by atoms with Crippen LogP contribution in [0.3, 0.4) is 0 Å². The monoisotopic (exact) mass is 345 g/mol. The molecule has 1 aliphatic carbocycles. The van der Waals surface area contributed by atoms with Crippen LogP contribution >= 0.6 is 11.8 Å². The summed E-state index contributed by atoms with van der Waals surface area (Å²) >= 11 is 1.34. The third kappa shape index (κ3) is 3.75. The lowest BCUT2D eigenvalue weighted by atomic mass is 9.64. The predicted octanol–water partition coefficient (Wildman–Crippen LogP) is 3.33. The number of carbonyl (C=O) groups excluding carboxylic acids is 1. The fourth-order valence-corrected chi connectivity index (χ4v) is 3.68. The van der Waals surface area contributed by atoms with E-state index < -0.39 is 0 Å². The van der Waals surface area contributed by atoms with Crippen LogP contribution in [0.4, 0.5) is 4.39 Å². The summed E-state index contributed by atoms with van der Waals surface area (Å²) in [6, 6.07) is 8.38. The summed E-state index contributed by atoms with van der Waals surface area (Å²) in [5, 5.41) is 3.38. The van der Waals surface area contributed by atoms with Gasteiger partial charge in [0.2, 0.25) is 5.91 Å². The van der Waals surface area contributed by atoms with Gasteiger partial charge in [-0.05, 0) is 43.5 Å². The highest BCUT2D eigenvalue weighted by molar-refractivity contribution is 8.00. The van der Waals surface area contributed by atoms with Gasteiger partial charge in [-0.1, -0.05) is 30.3 Å². The molecule has 1 aliphatic rings. The quantitative estimate of drug-likeness (QED) is 0.644. The van der Waals surface area contributed by atoms with Crippen LogP contribution in [0.1, 0.15) is 31.7 Å². The summed E-state index contributed by atoms with van der Waals surface area (Å²) in [5.74, 6) is -0.258. The van der Waals surface area contributed by atoms with Crippen LogP contribution < -0.4 is 5.32 Å². The molecule has 1 fully saturated rings. The van der Waals surface area contributed by atoms with Gasteiger partial charge in [-0.2, -0.15) is 0 Å². The molecule has 1 amide bonds. The zero-order chi connectivity index (χ0) is 17.0. The SMILES string of the molecule is CC(Sc1ncccn1)C(=O)NCC1(c2ccc(F)cc2)CCC1. The maximum atomic E-state index is 13.1. The highest BCUT2D eigenvalue weighted by Crippen LogP contribution is 2.43. The molecule has 1 aromatic heterocycles. The fraction of sp³-hybridized carbons (Fsp3) is 0.389. The second-order valence-electron chi connectivity index (χ2n) is 6.15. The molecule has 6 heteroatoms. The van der Waals surface area contributed by atoms with E-state index in [1.165, 1.54) is 23.9 Å². The van der Waals surface area contributed by atoms with E-state index in [-0.39, 0.29) is 22.4 Å². The molecule has 0 radical (unpaired) electrons. The molecule has 1 N–H and O–H groups in total. The summed E-state index contributed by atoms with van der Waals surface area (Å²) in [7, 11) is 0. The van der Waals surface area contributed by atoms with E-state index in [0.717, 1.165) is 24.8 Å². The summed E-state index contributed by atoms with van der Waals surface area (Å²) in [6.07, 6.45) is 6.50. The molecule has 1 atom stereocenters. The van der Waals surface area contributed by atoms with Crippen LogP contribution in [0.25, 0.3) is 0 Å². The Bertz CT molecular complexity index is 689. The van der Waals surface area contributed by atoms with Crippen molar-refractivity contribution in [3.63, 3.8) is 0 Å². The number of hydrogen-bond acceptors (Lipinski definition) is 4. The lowest BCUT2D eigenvalue weighted by molar-refractivity contribution is -0.120. The largest absolute Gasteiger partial charge is 0.354 e. The molecule has 1 aromatic carbocycles. The van der Waals surface area contributed by atoms with E-state index in [1.54, 1.807) is 18.5 Å². The van der Waals surface area contributed by atoms with E-state index in [2.05, 4.69) is 15.3 Å². The summed E-state index contributed by atoms with van der Waals surface area (Å²) in [4.78, 5) is 20.6. The van der Waals surface area contributed by atoms with Crippen LogP contribution in [0, 0.1) is 5.82 Å². The third-order valence-electron chi connectivity index (χ3n) is 4.56. The summed E-state index contributed by atoms with van der Waals surface area (Å²) in [6.45, 7) is 2.43. The Kier molecular flexibility index (Phi) is 5.14. The number of rotatable bonds is 6. The first-order valence-corrected chi connectivity index (χ1v) is 8.94. The Morgan fingerprint density at radius 3 is 2.54 bits per heavy atom. The van der Waals surface area contributed by atoms with Gasteiger partial charge < -0.3 is 5.32 Å². The molecule has 0 spiro atoms. The Labute approximate surface area is 145 Å². The summed E-state index contributed by atoms with van der Waals surface area (Å²) < 4.78 is 13.1. The zero-order valence-electron chi connectivity index (χ0n) is 13.5. The van der Waals surface area contributed by atoms with Gasteiger partial charge in [0.1, 0.15) is 5.82 Å². The molecule has 2 aromatic rings. The lowest BCUT2D eigenvalue weighted by Gasteiger charge is -2.42. The van der Waals surface area contributed by atoms with Crippen LogP contribution in [0.15, 0.2) is 47.9 Å². The smallest absolute Gasteiger partial charge is 0.233 e. The van der Waals surface area contributed by atoms with Crippen molar-refractivity contribution in [3.05, 3.63) is 54.1 Å². The van der Waals surface area contributed by atoms with Gasteiger partial charge in [-0.25, -0.2) is 14.4 Å². The van der Waals surface area contributed by atoms with E-state index in [1.807, 2.05) is 19.1 Å². The van der Waals surface area contributed by atoms with Gasteiger partial charge in [-0.15, -0.1) is 0 Å². The Balaban J connectivity index is 1.59. The van der Waals surface area contributed by atoms with Crippen LogP contribution in [-0.2, 0) is 10.2 Å². The van der Waals surface area contributed by atoms with Gasteiger partial charge in [-0.3, -0.25) is 4.79 Å². The van der Waals surface area contributed by atoms with Gasteiger partial charge >= 0.3 is 0 Å². The number of hydrogen-bond donors (Lipinski definition) is 1. The van der Waals surface area contributed by atoms with Crippen molar-refractivity contribution in [3.8, 4) is 0 Å². The molecule has 1 saturated carbocycles. The molecule has 1 unspecified atom stereocenters. The van der Waals surface area contributed by atoms with Gasteiger partial charge in [0.15, 0.2) is 5.16 Å². The molecule has 1 heterocycles. The second kappa shape index (κ2) is 7.30. The predicted molar refractivity (Wildman–Crippen MR) is 92.3 cm³/mol. The van der Waals surface area contributed by atoms with Crippen molar-refractivity contribution < 1.29 is 9.18 Å². The number of benzene rings is 1. The van der Waals surface area contributed by atoms with Crippen LogP contribution in [0.5, 0.6) is 0 Å². The minimum absolute atomic E-state index is 0.0270. The number of nitrogens with one attached hydrogen (secondary N) is 1. The number of amides is 1. The number of carbonyl (C=O) groups is 1. The number of thioether (sulfide) groups is 1. The first kappa shape index (κ1) is 16.9. The average Bonchev–Trinajstić information content (AvgIpc) is 2.56. The third-order valence-corrected chi connectivity index (χ3v) is 5.55. The molecular formula is C18H20FN3OS. The van der Waals surface area contributed by atoms with E-state index in [9.17, 15) is 9.18 Å². The molecule has 0 aliphatic heterocycles.